The fourth-order valence-electron chi connectivity index (χ4n) is 2.91. The molecule has 0 spiro atoms. The average Bonchev–Trinajstić information content (AvgIpc) is 2.54. The molecule has 6 heteroatoms. The number of nitrogen functional groups attached to an aromatic ring is 2. The summed E-state index contributed by atoms with van der Waals surface area (Å²) in [7, 11) is 2.15. The third kappa shape index (κ3) is 3.28. The first-order valence-corrected chi connectivity index (χ1v) is 8.13. The van der Waals surface area contributed by atoms with Gasteiger partial charge in [-0.15, -0.1) is 0 Å². The van der Waals surface area contributed by atoms with Gasteiger partial charge in [0.15, 0.2) is 0 Å². The van der Waals surface area contributed by atoms with Crippen molar-refractivity contribution in [2.24, 2.45) is 0 Å². The van der Waals surface area contributed by atoms with Crippen LogP contribution in [-0.4, -0.2) is 58.5 Å². The molecule has 1 saturated heterocycles. The van der Waals surface area contributed by atoms with Gasteiger partial charge in [0.2, 0.25) is 0 Å². The highest BCUT2D eigenvalue weighted by atomic mass is 15.3. The molecule has 1 aliphatic rings. The SMILES string of the molecule is CN1CCN(C(C)(C)C#Cc2cc3c(N)ncnc3cc2N)CC1. The van der Waals surface area contributed by atoms with Crippen molar-refractivity contribution in [2.75, 3.05) is 44.7 Å². The third-order valence-corrected chi connectivity index (χ3v) is 4.63. The number of piperazine rings is 1. The van der Waals surface area contributed by atoms with Crippen molar-refractivity contribution >= 4 is 22.4 Å². The van der Waals surface area contributed by atoms with Gasteiger partial charge in [0.05, 0.1) is 11.1 Å². The Hall–Kier alpha value is -2.36. The Kier molecular flexibility index (Phi) is 4.31. The molecular weight excluding hydrogens is 300 g/mol. The summed E-state index contributed by atoms with van der Waals surface area (Å²) in [6.07, 6.45) is 1.44. The van der Waals surface area contributed by atoms with Crippen LogP contribution in [0.5, 0.6) is 0 Å². The van der Waals surface area contributed by atoms with E-state index in [2.05, 4.69) is 52.5 Å². The zero-order chi connectivity index (χ0) is 17.3. The maximum absolute atomic E-state index is 6.14. The predicted octanol–water partition coefficient (Wildman–Crippen LogP) is 1.17. The first-order chi connectivity index (χ1) is 11.4. The van der Waals surface area contributed by atoms with Crippen LogP contribution in [0, 0.1) is 11.8 Å². The quantitative estimate of drug-likeness (QED) is 0.605. The van der Waals surface area contributed by atoms with Crippen LogP contribution in [-0.2, 0) is 0 Å². The lowest BCUT2D eigenvalue weighted by atomic mass is 10.0. The van der Waals surface area contributed by atoms with Crippen molar-refractivity contribution in [1.29, 1.82) is 0 Å². The Morgan fingerprint density at radius 2 is 1.79 bits per heavy atom. The lowest BCUT2D eigenvalue weighted by Crippen LogP contribution is -2.53. The second-order valence-electron chi connectivity index (χ2n) is 6.81. The smallest absolute Gasteiger partial charge is 0.134 e. The number of hydrogen-bond acceptors (Lipinski definition) is 6. The highest BCUT2D eigenvalue weighted by Gasteiger charge is 2.27. The molecule has 1 aromatic carbocycles. The summed E-state index contributed by atoms with van der Waals surface area (Å²) < 4.78 is 0. The molecule has 0 bridgehead atoms. The number of fused-ring (bicyclic) bond motifs is 1. The van der Waals surface area contributed by atoms with E-state index in [4.69, 9.17) is 11.5 Å². The lowest BCUT2D eigenvalue weighted by molar-refractivity contribution is 0.0946. The van der Waals surface area contributed by atoms with Gasteiger partial charge in [-0.05, 0) is 33.0 Å². The molecule has 3 rings (SSSR count). The molecule has 4 N–H and O–H groups in total. The van der Waals surface area contributed by atoms with E-state index in [1.165, 1.54) is 6.33 Å². The Balaban J connectivity index is 1.91. The van der Waals surface area contributed by atoms with Crippen molar-refractivity contribution in [3.63, 3.8) is 0 Å². The molecule has 1 fully saturated rings. The standard InChI is InChI=1S/C18H24N6/c1-18(2,24-8-6-23(3)7-9-24)5-4-13-10-14-16(11-15(13)19)21-12-22-17(14)20/h10-12H,6-9,19H2,1-3H3,(H2,20,21,22). The van der Waals surface area contributed by atoms with Gasteiger partial charge in [-0.25, -0.2) is 9.97 Å². The second kappa shape index (κ2) is 6.27. The van der Waals surface area contributed by atoms with Gasteiger partial charge < -0.3 is 16.4 Å². The van der Waals surface area contributed by atoms with Gasteiger partial charge in [-0.1, -0.05) is 11.8 Å². The molecule has 0 amide bonds. The molecule has 2 aromatic rings. The normalized spacial score (nSPS) is 16.8. The van der Waals surface area contributed by atoms with Crippen LogP contribution in [0.15, 0.2) is 18.5 Å². The number of likely N-dealkylation sites (N-methyl/N-ethyl adjacent to an activating group) is 1. The van der Waals surface area contributed by atoms with Crippen LogP contribution in [0.25, 0.3) is 10.9 Å². The number of anilines is 2. The number of hydrogen-bond donors (Lipinski definition) is 2. The second-order valence-corrected chi connectivity index (χ2v) is 6.81. The van der Waals surface area contributed by atoms with Crippen molar-refractivity contribution in [2.45, 2.75) is 19.4 Å². The van der Waals surface area contributed by atoms with Crippen LogP contribution in [0.3, 0.4) is 0 Å². The van der Waals surface area contributed by atoms with Gasteiger partial charge in [-0.3, -0.25) is 4.90 Å². The molecule has 0 aliphatic carbocycles. The summed E-state index contributed by atoms with van der Waals surface area (Å²) in [4.78, 5) is 13.0. The first kappa shape index (κ1) is 16.5. The summed E-state index contributed by atoms with van der Waals surface area (Å²) in [5.41, 5.74) is 14.0. The number of nitrogens with zero attached hydrogens (tertiary/aromatic N) is 4. The van der Waals surface area contributed by atoms with Crippen molar-refractivity contribution in [1.82, 2.24) is 19.8 Å². The van der Waals surface area contributed by atoms with Gasteiger partial charge >= 0.3 is 0 Å². The minimum atomic E-state index is -0.207. The minimum Gasteiger partial charge on any atom is -0.398 e. The lowest BCUT2D eigenvalue weighted by Gasteiger charge is -2.40. The molecule has 1 aliphatic heterocycles. The first-order valence-electron chi connectivity index (χ1n) is 8.13. The van der Waals surface area contributed by atoms with E-state index in [0.717, 1.165) is 42.6 Å². The summed E-state index contributed by atoms with van der Waals surface area (Å²) in [5, 5.41) is 0.786. The van der Waals surface area contributed by atoms with E-state index in [9.17, 15) is 0 Å². The van der Waals surface area contributed by atoms with Crippen LogP contribution < -0.4 is 11.5 Å². The molecule has 6 nitrogen and oxygen atoms in total. The van der Waals surface area contributed by atoms with Crippen LogP contribution in [0.1, 0.15) is 19.4 Å². The van der Waals surface area contributed by atoms with E-state index in [1.54, 1.807) is 6.07 Å². The average molecular weight is 324 g/mol. The fraction of sp³-hybridized carbons (Fsp3) is 0.444. The van der Waals surface area contributed by atoms with E-state index in [1.807, 2.05) is 6.07 Å². The molecule has 0 atom stereocenters. The van der Waals surface area contributed by atoms with Crippen LogP contribution >= 0.6 is 0 Å². The topological polar surface area (TPSA) is 84.3 Å². The molecule has 24 heavy (non-hydrogen) atoms. The monoisotopic (exact) mass is 324 g/mol. The predicted molar refractivity (Wildman–Crippen MR) is 98.4 cm³/mol. The summed E-state index contributed by atoms with van der Waals surface area (Å²) >= 11 is 0. The Morgan fingerprint density at radius 1 is 1.08 bits per heavy atom. The van der Waals surface area contributed by atoms with Crippen molar-refractivity contribution in [3.05, 3.63) is 24.0 Å². The largest absolute Gasteiger partial charge is 0.398 e. The number of aromatic nitrogens is 2. The number of nitrogens with two attached hydrogens (primary N) is 2. The summed E-state index contributed by atoms with van der Waals surface area (Å²) in [6, 6.07) is 3.69. The number of benzene rings is 1. The van der Waals surface area contributed by atoms with E-state index in [0.29, 0.717) is 11.5 Å². The van der Waals surface area contributed by atoms with Crippen LogP contribution in [0.2, 0.25) is 0 Å². The maximum atomic E-state index is 6.14. The maximum Gasteiger partial charge on any atom is 0.134 e. The molecule has 0 radical (unpaired) electrons. The Bertz CT molecular complexity index is 809. The van der Waals surface area contributed by atoms with Crippen molar-refractivity contribution < 1.29 is 0 Å². The Labute approximate surface area is 142 Å². The summed E-state index contributed by atoms with van der Waals surface area (Å²) in [6.45, 7) is 8.48. The van der Waals surface area contributed by atoms with Gasteiger partial charge in [0.1, 0.15) is 12.1 Å². The zero-order valence-electron chi connectivity index (χ0n) is 14.5. The van der Waals surface area contributed by atoms with Gasteiger partial charge in [-0.2, -0.15) is 0 Å². The van der Waals surface area contributed by atoms with E-state index < -0.39 is 0 Å². The highest BCUT2D eigenvalue weighted by Crippen LogP contribution is 2.23. The minimum absolute atomic E-state index is 0.207. The molecule has 0 saturated carbocycles. The fourth-order valence-corrected chi connectivity index (χ4v) is 2.91. The molecule has 1 aromatic heterocycles. The summed E-state index contributed by atoms with van der Waals surface area (Å²) in [5.74, 6) is 7.07. The Morgan fingerprint density at radius 3 is 2.50 bits per heavy atom. The van der Waals surface area contributed by atoms with Gasteiger partial charge in [0, 0.05) is 42.8 Å². The van der Waals surface area contributed by atoms with Crippen LogP contribution in [0.4, 0.5) is 11.5 Å². The molecular formula is C18H24N6. The highest BCUT2D eigenvalue weighted by molar-refractivity contribution is 5.91. The molecule has 2 heterocycles. The van der Waals surface area contributed by atoms with E-state index in [-0.39, 0.29) is 5.54 Å². The third-order valence-electron chi connectivity index (χ3n) is 4.63. The number of rotatable bonds is 1. The van der Waals surface area contributed by atoms with Gasteiger partial charge in [0.25, 0.3) is 0 Å². The molecule has 0 unspecified atom stereocenters. The van der Waals surface area contributed by atoms with E-state index >= 15 is 0 Å². The zero-order valence-corrected chi connectivity index (χ0v) is 14.5. The molecule has 126 valence electrons. The van der Waals surface area contributed by atoms with Crippen molar-refractivity contribution in [3.8, 4) is 11.8 Å².